The SMILES string of the molecule is CO[C@H]1C[C@H](NC(=O)c2nc(C(C)c3ccc(F)cc3)c(NCCN3CCCC3)nc2C)C1. The maximum Gasteiger partial charge on any atom is 0.271 e. The summed E-state index contributed by atoms with van der Waals surface area (Å²) >= 11 is 0. The zero-order chi connectivity index (χ0) is 23.4. The van der Waals surface area contributed by atoms with Crippen molar-refractivity contribution in [2.24, 2.45) is 0 Å². The van der Waals surface area contributed by atoms with Gasteiger partial charge in [0.25, 0.3) is 5.91 Å². The second kappa shape index (κ2) is 10.6. The van der Waals surface area contributed by atoms with Crippen LogP contribution in [0.15, 0.2) is 24.3 Å². The minimum Gasteiger partial charge on any atom is -0.381 e. The van der Waals surface area contributed by atoms with Crippen molar-refractivity contribution in [3.05, 3.63) is 52.7 Å². The second-order valence-electron chi connectivity index (χ2n) is 9.14. The number of nitrogens with zero attached hydrogens (tertiary/aromatic N) is 3. The lowest BCUT2D eigenvalue weighted by Gasteiger charge is -2.34. The monoisotopic (exact) mass is 455 g/mol. The van der Waals surface area contributed by atoms with Crippen molar-refractivity contribution in [1.82, 2.24) is 20.2 Å². The van der Waals surface area contributed by atoms with Crippen molar-refractivity contribution >= 4 is 11.7 Å². The molecule has 2 fully saturated rings. The van der Waals surface area contributed by atoms with E-state index < -0.39 is 0 Å². The van der Waals surface area contributed by atoms with Crippen molar-refractivity contribution in [3.8, 4) is 0 Å². The van der Waals surface area contributed by atoms with Crippen LogP contribution in [0.25, 0.3) is 0 Å². The minimum atomic E-state index is -0.278. The summed E-state index contributed by atoms with van der Waals surface area (Å²) in [5.41, 5.74) is 2.55. The lowest BCUT2D eigenvalue weighted by atomic mass is 9.89. The van der Waals surface area contributed by atoms with Gasteiger partial charge in [0, 0.05) is 32.2 Å². The van der Waals surface area contributed by atoms with Gasteiger partial charge in [-0.05, 0) is 63.4 Å². The van der Waals surface area contributed by atoms with Crippen LogP contribution in [0.3, 0.4) is 0 Å². The first-order valence-electron chi connectivity index (χ1n) is 11.9. The van der Waals surface area contributed by atoms with Gasteiger partial charge in [0.05, 0.1) is 17.5 Å². The van der Waals surface area contributed by atoms with E-state index in [-0.39, 0.29) is 29.8 Å². The molecule has 1 saturated heterocycles. The highest BCUT2D eigenvalue weighted by Gasteiger charge is 2.31. The molecule has 2 heterocycles. The number of nitrogens with one attached hydrogen (secondary N) is 2. The number of hydrogen-bond donors (Lipinski definition) is 2. The first kappa shape index (κ1) is 23.6. The Morgan fingerprint density at radius 2 is 1.91 bits per heavy atom. The van der Waals surface area contributed by atoms with E-state index in [9.17, 15) is 9.18 Å². The van der Waals surface area contributed by atoms with Crippen LogP contribution in [0, 0.1) is 12.7 Å². The number of anilines is 1. The van der Waals surface area contributed by atoms with Gasteiger partial charge in [-0.3, -0.25) is 4.79 Å². The Bertz CT molecular complexity index is 956. The van der Waals surface area contributed by atoms with Crippen LogP contribution >= 0.6 is 0 Å². The van der Waals surface area contributed by atoms with Gasteiger partial charge in [0.1, 0.15) is 17.3 Å². The highest BCUT2D eigenvalue weighted by atomic mass is 19.1. The van der Waals surface area contributed by atoms with E-state index in [4.69, 9.17) is 14.7 Å². The quantitative estimate of drug-likeness (QED) is 0.603. The van der Waals surface area contributed by atoms with E-state index in [0.29, 0.717) is 22.9 Å². The molecule has 1 unspecified atom stereocenters. The Morgan fingerprint density at radius 3 is 2.58 bits per heavy atom. The van der Waals surface area contributed by atoms with Crippen LogP contribution in [-0.4, -0.2) is 66.2 Å². The Morgan fingerprint density at radius 1 is 1.21 bits per heavy atom. The van der Waals surface area contributed by atoms with Crippen molar-refractivity contribution in [2.45, 2.75) is 57.6 Å². The summed E-state index contributed by atoms with van der Waals surface area (Å²) in [7, 11) is 1.69. The number of carbonyl (C=O) groups is 1. The number of benzene rings is 1. The molecular formula is C25H34FN5O2. The number of likely N-dealkylation sites (tertiary alicyclic amines) is 1. The van der Waals surface area contributed by atoms with Crippen molar-refractivity contribution < 1.29 is 13.9 Å². The number of aryl methyl sites for hydroxylation is 1. The molecule has 33 heavy (non-hydrogen) atoms. The molecule has 1 aromatic heterocycles. The lowest BCUT2D eigenvalue weighted by molar-refractivity contribution is 0.0175. The fourth-order valence-corrected chi connectivity index (χ4v) is 4.56. The fourth-order valence-electron chi connectivity index (χ4n) is 4.56. The van der Waals surface area contributed by atoms with E-state index in [0.717, 1.165) is 44.6 Å². The van der Waals surface area contributed by atoms with Crippen LogP contribution in [0.4, 0.5) is 10.2 Å². The Labute approximate surface area is 195 Å². The summed E-state index contributed by atoms with van der Waals surface area (Å²) in [6.45, 7) is 7.79. The zero-order valence-electron chi connectivity index (χ0n) is 19.7. The van der Waals surface area contributed by atoms with Gasteiger partial charge in [-0.1, -0.05) is 19.1 Å². The van der Waals surface area contributed by atoms with Crippen molar-refractivity contribution in [1.29, 1.82) is 0 Å². The van der Waals surface area contributed by atoms with Gasteiger partial charge >= 0.3 is 0 Å². The molecule has 8 heteroatoms. The zero-order valence-corrected chi connectivity index (χ0v) is 19.7. The van der Waals surface area contributed by atoms with Gasteiger partial charge in [-0.2, -0.15) is 0 Å². The first-order chi connectivity index (χ1) is 15.9. The van der Waals surface area contributed by atoms with Crippen LogP contribution in [0.2, 0.25) is 0 Å². The first-order valence-corrected chi connectivity index (χ1v) is 11.9. The molecule has 1 aliphatic heterocycles. The number of rotatable bonds is 9. The average Bonchev–Trinajstić information content (AvgIpc) is 3.29. The molecular weight excluding hydrogens is 421 g/mol. The predicted octanol–water partition coefficient (Wildman–Crippen LogP) is 3.49. The third-order valence-electron chi connectivity index (χ3n) is 6.77. The third kappa shape index (κ3) is 5.68. The molecule has 0 bridgehead atoms. The standard InChI is InChI=1S/C25H34FN5O2/c1-16(18-6-8-19(26)9-7-18)22-24(27-10-13-31-11-4-5-12-31)28-17(2)23(30-22)25(32)29-20-14-21(15-20)33-3/h6-9,16,20-21H,4-5,10-15H2,1-3H3,(H,27,28)(H,29,32)/t16?,20-,21-. The minimum absolute atomic E-state index is 0.0971. The van der Waals surface area contributed by atoms with Crippen molar-refractivity contribution in [3.63, 3.8) is 0 Å². The maximum atomic E-state index is 13.5. The number of ether oxygens (including phenoxy) is 1. The molecule has 0 radical (unpaired) electrons. The second-order valence-corrected chi connectivity index (χ2v) is 9.14. The largest absolute Gasteiger partial charge is 0.381 e. The normalized spacial score (nSPS) is 21.5. The highest BCUT2D eigenvalue weighted by molar-refractivity contribution is 5.93. The summed E-state index contributed by atoms with van der Waals surface area (Å²) < 4.78 is 18.8. The van der Waals surface area contributed by atoms with E-state index in [1.807, 2.05) is 13.8 Å². The molecule has 0 spiro atoms. The average molecular weight is 456 g/mol. The molecule has 2 aliphatic rings. The van der Waals surface area contributed by atoms with Crippen LogP contribution < -0.4 is 10.6 Å². The van der Waals surface area contributed by atoms with Crippen molar-refractivity contribution in [2.75, 3.05) is 38.6 Å². The van der Waals surface area contributed by atoms with Crippen LogP contribution in [0.1, 0.15) is 66.0 Å². The molecule has 1 aliphatic carbocycles. The molecule has 1 atom stereocenters. The Balaban J connectivity index is 1.55. The smallest absolute Gasteiger partial charge is 0.271 e. The summed E-state index contributed by atoms with van der Waals surface area (Å²) in [6, 6.07) is 6.51. The van der Waals surface area contributed by atoms with Gasteiger partial charge in [-0.25, -0.2) is 14.4 Å². The molecule has 178 valence electrons. The molecule has 1 aromatic carbocycles. The van der Waals surface area contributed by atoms with E-state index >= 15 is 0 Å². The number of methoxy groups -OCH3 is 1. The molecule has 1 saturated carbocycles. The lowest BCUT2D eigenvalue weighted by Crippen LogP contribution is -2.47. The van der Waals surface area contributed by atoms with Crippen LogP contribution in [0.5, 0.6) is 0 Å². The van der Waals surface area contributed by atoms with E-state index in [2.05, 4.69) is 15.5 Å². The number of carbonyl (C=O) groups excluding carboxylic acids is 1. The topological polar surface area (TPSA) is 79.4 Å². The molecule has 4 rings (SSSR count). The summed E-state index contributed by atoms with van der Waals surface area (Å²) in [5.74, 6) is 0.0415. The number of hydrogen-bond acceptors (Lipinski definition) is 6. The molecule has 2 aromatic rings. The summed E-state index contributed by atoms with van der Waals surface area (Å²) in [6.07, 6.45) is 4.33. The molecule has 7 nitrogen and oxygen atoms in total. The summed E-state index contributed by atoms with van der Waals surface area (Å²) in [4.78, 5) is 25.0. The summed E-state index contributed by atoms with van der Waals surface area (Å²) in [5, 5.41) is 6.50. The Hall–Kier alpha value is -2.58. The van der Waals surface area contributed by atoms with Crippen LogP contribution in [-0.2, 0) is 4.74 Å². The maximum absolute atomic E-state index is 13.5. The molecule has 1 amide bonds. The van der Waals surface area contributed by atoms with Gasteiger partial charge in [0.2, 0.25) is 0 Å². The Kier molecular flexibility index (Phi) is 7.55. The predicted molar refractivity (Wildman–Crippen MR) is 126 cm³/mol. The number of halogens is 1. The van der Waals surface area contributed by atoms with Gasteiger partial charge < -0.3 is 20.3 Å². The van der Waals surface area contributed by atoms with Gasteiger partial charge in [-0.15, -0.1) is 0 Å². The number of amides is 1. The highest BCUT2D eigenvalue weighted by Crippen LogP contribution is 2.29. The number of aromatic nitrogens is 2. The fraction of sp³-hybridized carbons (Fsp3) is 0.560. The van der Waals surface area contributed by atoms with E-state index in [1.165, 1.54) is 25.0 Å². The molecule has 2 N–H and O–H groups in total. The van der Waals surface area contributed by atoms with E-state index in [1.54, 1.807) is 19.2 Å². The third-order valence-corrected chi connectivity index (χ3v) is 6.77. The van der Waals surface area contributed by atoms with Gasteiger partial charge in [0.15, 0.2) is 0 Å².